The molecule has 5 nitrogen and oxygen atoms in total. The lowest BCUT2D eigenvalue weighted by molar-refractivity contribution is 0.495. The van der Waals surface area contributed by atoms with Gasteiger partial charge in [0, 0.05) is 18.7 Å². The van der Waals surface area contributed by atoms with Crippen LogP contribution in [-0.4, -0.2) is 11.0 Å². The van der Waals surface area contributed by atoms with E-state index in [1.54, 1.807) is 18.5 Å². The molecule has 2 rings (SSSR count). The van der Waals surface area contributed by atoms with Gasteiger partial charge in [-0.1, -0.05) is 0 Å². The first-order chi connectivity index (χ1) is 9.20. The van der Waals surface area contributed by atoms with Crippen molar-refractivity contribution in [3.05, 3.63) is 42.0 Å². The van der Waals surface area contributed by atoms with Gasteiger partial charge in [-0.3, -0.25) is 0 Å². The molecule has 5 heteroatoms. The second kappa shape index (κ2) is 5.91. The van der Waals surface area contributed by atoms with Crippen molar-refractivity contribution >= 4 is 11.5 Å². The molecule has 0 aromatic carbocycles. The predicted octanol–water partition coefficient (Wildman–Crippen LogP) is 2.56. The van der Waals surface area contributed by atoms with Gasteiger partial charge in [0.2, 0.25) is 0 Å². The van der Waals surface area contributed by atoms with Crippen molar-refractivity contribution in [1.29, 1.82) is 5.26 Å². The molecule has 0 radical (unpaired) electrons. The number of rotatable bonds is 5. The van der Waals surface area contributed by atoms with E-state index in [9.17, 15) is 0 Å². The van der Waals surface area contributed by atoms with Crippen LogP contribution in [0.2, 0.25) is 0 Å². The summed E-state index contributed by atoms with van der Waals surface area (Å²) in [7, 11) is 0. The fourth-order valence-electron chi connectivity index (χ4n) is 1.80. The smallest absolute Gasteiger partial charge is 0.150 e. The second-order valence-corrected chi connectivity index (χ2v) is 4.40. The molecule has 0 saturated heterocycles. The number of nitrogen functional groups attached to an aromatic ring is 1. The van der Waals surface area contributed by atoms with Crippen LogP contribution in [-0.2, 0) is 6.42 Å². The summed E-state index contributed by atoms with van der Waals surface area (Å²) in [4.78, 5) is 4.16. The number of aromatic nitrogens is 1. The van der Waals surface area contributed by atoms with Crippen molar-refractivity contribution in [3.8, 4) is 6.07 Å². The van der Waals surface area contributed by atoms with Gasteiger partial charge < -0.3 is 15.5 Å². The van der Waals surface area contributed by atoms with Crippen molar-refractivity contribution in [3.63, 3.8) is 0 Å². The van der Waals surface area contributed by atoms with Crippen molar-refractivity contribution in [2.75, 3.05) is 11.1 Å². The number of nitrogens with zero attached hydrogens (tertiary/aromatic N) is 2. The van der Waals surface area contributed by atoms with Crippen molar-refractivity contribution < 1.29 is 4.42 Å². The SMILES string of the molecule is CC(CCc1ccco1)Nc1nccc(C#N)c1N. The Bertz CT molecular complexity index is 572. The van der Waals surface area contributed by atoms with E-state index in [2.05, 4.69) is 10.3 Å². The standard InChI is InChI=1S/C14H16N4O/c1-10(4-5-12-3-2-8-19-12)18-14-13(16)11(9-15)6-7-17-14/h2-3,6-8,10H,4-5,16H2,1H3,(H,17,18). The van der Waals surface area contributed by atoms with Gasteiger partial charge in [-0.05, 0) is 31.5 Å². The Kier molecular flexibility index (Phi) is 4.04. The first-order valence-electron chi connectivity index (χ1n) is 6.14. The first-order valence-corrected chi connectivity index (χ1v) is 6.14. The maximum absolute atomic E-state index is 8.91. The normalized spacial score (nSPS) is 11.8. The van der Waals surface area contributed by atoms with Gasteiger partial charge in [-0.25, -0.2) is 4.98 Å². The van der Waals surface area contributed by atoms with E-state index in [1.165, 1.54) is 0 Å². The summed E-state index contributed by atoms with van der Waals surface area (Å²) >= 11 is 0. The minimum atomic E-state index is 0.189. The van der Waals surface area contributed by atoms with E-state index in [0.717, 1.165) is 18.6 Å². The summed E-state index contributed by atoms with van der Waals surface area (Å²) < 4.78 is 5.28. The number of aryl methyl sites for hydroxylation is 1. The Balaban J connectivity index is 1.95. The Morgan fingerprint density at radius 1 is 1.53 bits per heavy atom. The zero-order valence-electron chi connectivity index (χ0n) is 10.8. The number of furan rings is 1. The third-order valence-corrected chi connectivity index (χ3v) is 2.90. The van der Waals surface area contributed by atoms with E-state index in [0.29, 0.717) is 17.1 Å². The average molecular weight is 256 g/mol. The maximum atomic E-state index is 8.91. The van der Waals surface area contributed by atoms with E-state index in [-0.39, 0.29) is 6.04 Å². The van der Waals surface area contributed by atoms with Crippen LogP contribution in [0.3, 0.4) is 0 Å². The van der Waals surface area contributed by atoms with E-state index in [4.69, 9.17) is 15.4 Å². The number of nitrogens with two attached hydrogens (primary N) is 1. The van der Waals surface area contributed by atoms with Crippen molar-refractivity contribution in [2.45, 2.75) is 25.8 Å². The summed E-state index contributed by atoms with van der Waals surface area (Å²) in [5.41, 5.74) is 6.71. The van der Waals surface area contributed by atoms with Crippen LogP contribution in [0.1, 0.15) is 24.7 Å². The molecule has 98 valence electrons. The molecule has 2 aromatic rings. The zero-order chi connectivity index (χ0) is 13.7. The number of nitriles is 1. The fourth-order valence-corrected chi connectivity index (χ4v) is 1.80. The third-order valence-electron chi connectivity index (χ3n) is 2.90. The largest absolute Gasteiger partial charge is 0.469 e. The highest BCUT2D eigenvalue weighted by atomic mass is 16.3. The molecule has 2 aromatic heterocycles. The number of pyridine rings is 1. The summed E-state index contributed by atoms with van der Waals surface area (Å²) in [6, 6.07) is 7.67. The lowest BCUT2D eigenvalue weighted by Gasteiger charge is -2.15. The fraction of sp³-hybridized carbons (Fsp3) is 0.286. The monoisotopic (exact) mass is 256 g/mol. The Labute approximate surface area is 112 Å². The highest BCUT2D eigenvalue weighted by molar-refractivity contribution is 5.69. The minimum Gasteiger partial charge on any atom is -0.469 e. The summed E-state index contributed by atoms with van der Waals surface area (Å²) in [6.45, 7) is 2.04. The Hall–Kier alpha value is -2.48. The van der Waals surface area contributed by atoms with Gasteiger partial charge in [0.15, 0.2) is 5.82 Å². The molecule has 0 bridgehead atoms. The molecule has 2 heterocycles. The van der Waals surface area contributed by atoms with Gasteiger partial charge in [0.25, 0.3) is 0 Å². The maximum Gasteiger partial charge on any atom is 0.150 e. The molecule has 3 N–H and O–H groups in total. The van der Waals surface area contributed by atoms with Gasteiger partial charge in [0.05, 0.1) is 17.5 Å². The van der Waals surface area contributed by atoms with Crippen LogP contribution < -0.4 is 11.1 Å². The zero-order valence-corrected chi connectivity index (χ0v) is 10.8. The Morgan fingerprint density at radius 3 is 3.05 bits per heavy atom. The molecular weight excluding hydrogens is 240 g/mol. The van der Waals surface area contributed by atoms with Gasteiger partial charge >= 0.3 is 0 Å². The molecule has 1 unspecified atom stereocenters. The van der Waals surface area contributed by atoms with Crippen LogP contribution in [0.5, 0.6) is 0 Å². The predicted molar refractivity (Wildman–Crippen MR) is 73.5 cm³/mol. The van der Waals surface area contributed by atoms with Gasteiger partial charge in [0.1, 0.15) is 11.8 Å². The average Bonchev–Trinajstić information content (AvgIpc) is 2.92. The van der Waals surface area contributed by atoms with Crippen LogP contribution in [0.4, 0.5) is 11.5 Å². The molecule has 0 aliphatic rings. The summed E-state index contributed by atoms with van der Waals surface area (Å²) in [6.07, 6.45) is 4.99. The molecule has 0 spiro atoms. The number of hydrogen-bond acceptors (Lipinski definition) is 5. The second-order valence-electron chi connectivity index (χ2n) is 4.40. The third kappa shape index (κ3) is 3.26. The topological polar surface area (TPSA) is 87.9 Å². The van der Waals surface area contributed by atoms with Crippen LogP contribution in [0.25, 0.3) is 0 Å². The lowest BCUT2D eigenvalue weighted by atomic mass is 10.1. The van der Waals surface area contributed by atoms with Crippen molar-refractivity contribution in [1.82, 2.24) is 4.98 Å². The van der Waals surface area contributed by atoms with Crippen LogP contribution >= 0.6 is 0 Å². The number of nitrogens with one attached hydrogen (secondary N) is 1. The summed E-state index contributed by atoms with van der Waals surface area (Å²) in [5.74, 6) is 1.52. The highest BCUT2D eigenvalue weighted by Gasteiger charge is 2.09. The number of anilines is 2. The lowest BCUT2D eigenvalue weighted by Crippen LogP contribution is -2.18. The minimum absolute atomic E-state index is 0.189. The first kappa shape index (κ1) is 13.0. The molecule has 0 aliphatic heterocycles. The van der Waals surface area contributed by atoms with Crippen LogP contribution in [0.15, 0.2) is 35.1 Å². The molecular formula is C14H16N4O. The molecule has 0 fully saturated rings. The Morgan fingerprint density at radius 2 is 2.37 bits per heavy atom. The molecule has 19 heavy (non-hydrogen) atoms. The van der Waals surface area contributed by atoms with Gasteiger partial charge in [-0.2, -0.15) is 5.26 Å². The number of hydrogen-bond donors (Lipinski definition) is 2. The summed E-state index contributed by atoms with van der Waals surface area (Å²) in [5, 5.41) is 12.1. The molecule has 0 saturated carbocycles. The van der Waals surface area contributed by atoms with E-state index in [1.807, 2.05) is 25.1 Å². The van der Waals surface area contributed by atoms with Gasteiger partial charge in [-0.15, -0.1) is 0 Å². The molecule has 0 aliphatic carbocycles. The van der Waals surface area contributed by atoms with E-state index < -0.39 is 0 Å². The van der Waals surface area contributed by atoms with Crippen LogP contribution in [0, 0.1) is 11.3 Å². The van der Waals surface area contributed by atoms with Crippen molar-refractivity contribution in [2.24, 2.45) is 0 Å². The van der Waals surface area contributed by atoms with E-state index >= 15 is 0 Å². The quantitative estimate of drug-likeness (QED) is 0.858. The molecule has 0 amide bonds. The highest BCUT2D eigenvalue weighted by Crippen LogP contribution is 2.20. The molecule has 1 atom stereocenters.